The molecule has 0 atom stereocenters. The summed E-state index contributed by atoms with van der Waals surface area (Å²) in [6.07, 6.45) is 0. The molecule has 0 radical (unpaired) electrons. The van der Waals surface area contributed by atoms with Gasteiger partial charge >= 0.3 is 8.24 Å². The maximum atomic E-state index is 6.89. The molecule has 0 spiro atoms. The Balaban J connectivity index is 1.97. The molecule has 0 fully saturated rings. The highest BCUT2D eigenvalue weighted by atomic mass is 31.1. The summed E-state index contributed by atoms with van der Waals surface area (Å²) in [7, 11) is -1.81. The van der Waals surface area contributed by atoms with Gasteiger partial charge in [0.05, 0.1) is 0 Å². The molecule has 42 heavy (non-hydrogen) atoms. The molecular formula is C38H47O3P. The summed E-state index contributed by atoms with van der Waals surface area (Å²) in [6, 6.07) is 23.8. The molecule has 0 bridgehead atoms. The Morgan fingerprint density at radius 2 is 0.952 bits per heavy atom. The molecule has 0 amide bonds. The van der Waals surface area contributed by atoms with E-state index in [0.717, 1.165) is 44.2 Å². The van der Waals surface area contributed by atoms with E-state index in [1.165, 1.54) is 16.5 Å². The average molecular weight is 583 g/mol. The molecule has 0 unspecified atom stereocenters. The minimum Gasteiger partial charge on any atom is -0.391 e. The van der Waals surface area contributed by atoms with Crippen LogP contribution in [0.2, 0.25) is 0 Å². The van der Waals surface area contributed by atoms with Crippen molar-refractivity contribution in [3.63, 3.8) is 0 Å². The highest BCUT2D eigenvalue weighted by molar-refractivity contribution is 7.32. The smallest absolute Gasteiger partial charge is 0.391 e. The molecule has 1 heterocycles. The van der Waals surface area contributed by atoms with Crippen molar-refractivity contribution in [2.24, 2.45) is 0 Å². The van der Waals surface area contributed by atoms with Crippen LogP contribution in [0.1, 0.15) is 105 Å². The minimum atomic E-state index is -1.81. The van der Waals surface area contributed by atoms with Crippen LogP contribution in [0.25, 0.3) is 32.7 Å². The summed E-state index contributed by atoms with van der Waals surface area (Å²) in [6.45, 7) is 27.2. The van der Waals surface area contributed by atoms with Crippen LogP contribution in [-0.2, 0) is 21.7 Å². The second kappa shape index (κ2) is 10.2. The van der Waals surface area contributed by atoms with Crippen molar-refractivity contribution in [1.82, 2.24) is 0 Å². The highest BCUT2D eigenvalue weighted by Gasteiger charge is 2.29. The number of hydrogen-bond acceptors (Lipinski definition) is 3. The minimum absolute atomic E-state index is 0.0385. The van der Waals surface area contributed by atoms with Crippen LogP contribution in [0.5, 0.6) is 5.75 Å². The Labute approximate surface area is 252 Å². The van der Waals surface area contributed by atoms with Crippen LogP contribution in [0, 0.1) is 0 Å². The van der Waals surface area contributed by atoms with Crippen molar-refractivity contribution in [3.8, 4) is 5.75 Å². The van der Waals surface area contributed by atoms with E-state index in [1.54, 1.807) is 0 Å². The second-order valence-corrected chi connectivity index (χ2v) is 16.8. The molecule has 0 saturated carbocycles. The first-order valence-electron chi connectivity index (χ1n) is 15.0. The Bertz CT molecular complexity index is 1740. The molecule has 5 rings (SSSR count). The van der Waals surface area contributed by atoms with Crippen molar-refractivity contribution in [2.75, 3.05) is 0 Å². The molecule has 0 N–H and O–H groups in total. The van der Waals surface area contributed by atoms with E-state index in [0.29, 0.717) is 0 Å². The molecular weight excluding hydrogens is 535 g/mol. The van der Waals surface area contributed by atoms with Crippen LogP contribution < -0.4 is 4.52 Å². The number of fused-ring (bicyclic) bond motifs is 4. The second-order valence-electron chi connectivity index (χ2n) is 15.8. The Hall–Kier alpha value is -3.16. The maximum absolute atomic E-state index is 6.89. The van der Waals surface area contributed by atoms with Crippen LogP contribution in [-0.4, -0.2) is 0 Å². The molecule has 0 saturated heterocycles. The van der Waals surface area contributed by atoms with E-state index in [9.17, 15) is 0 Å². The topological polar surface area (TPSA) is 35.5 Å². The van der Waals surface area contributed by atoms with Gasteiger partial charge < -0.3 is 12.9 Å². The van der Waals surface area contributed by atoms with Gasteiger partial charge in [0.1, 0.15) is 16.9 Å². The Kier molecular flexibility index (Phi) is 7.38. The van der Waals surface area contributed by atoms with E-state index < -0.39 is 8.24 Å². The van der Waals surface area contributed by atoms with Gasteiger partial charge in [0.25, 0.3) is 0 Å². The fraction of sp³-hybridized carbons (Fsp3) is 0.421. The lowest BCUT2D eigenvalue weighted by Crippen LogP contribution is -2.17. The largest absolute Gasteiger partial charge is 0.453 e. The summed E-state index contributed by atoms with van der Waals surface area (Å²) in [4.78, 5) is 0. The van der Waals surface area contributed by atoms with E-state index in [4.69, 9.17) is 12.9 Å². The number of benzene rings is 4. The van der Waals surface area contributed by atoms with Crippen LogP contribution >= 0.6 is 8.24 Å². The van der Waals surface area contributed by atoms with Gasteiger partial charge in [-0.1, -0.05) is 126 Å². The lowest BCUT2D eigenvalue weighted by molar-refractivity contribution is 0.488. The third-order valence-electron chi connectivity index (χ3n) is 8.05. The predicted octanol–water partition coefficient (Wildman–Crippen LogP) is 12.5. The molecule has 222 valence electrons. The van der Waals surface area contributed by atoms with Crippen molar-refractivity contribution in [2.45, 2.75) is 105 Å². The first-order valence-corrected chi connectivity index (χ1v) is 16.1. The number of rotatable bonds is 2. The predicted molar refractivity (Wildman–Crippen MR) is 181 cm³/mol. The SMILES string of the molecule is CC(C)(C)c1cc(C(C)(C)C)c2op(Oc3ccc4ccccc4c3)oc3c(C(C)(C)C)cc(C(C)(C)C)cc3c2c1. The molecule has 0 aliphatic rings. The number of hydrogen-bond donors (Lipinski definition) is 0. The summed E-state index contributed by atoms with van der Waals surface area (Å²) in [5.74, 6) is 0.733. The van der Waals surface area contributed by atoms with Crippen molar-refractivity contribution in [1.29, 1.82) is 0 Å². The highest BCUT2D eigenvalue weighted by Crippen LogP contribution is 2.46. The molecule has 0 aliphatic heterocycles. The average Bonchev–Trinajstić information content (AvgIpc) is 3.01. The zero-order valence-electron chi connectivity index (χ0n) is 27.5. The third-order valence-corrected chi connectivity index (χ3v) is 9.07. The summed E-state index contributed by atoms with van der Waals surface area (Å²) >= 11 is 0. The zero-order valence-corrected chi connectivity index (χ0v) is 28.4. The van der Waals surface area contributed by atoms with Gasteiger partial charge in [0.15, 0.2) is 0 Å². The van der Waals surface area contributed by atoms with Gasteiger partial charge in [-0.3, -0.25) is 0 Å². The maximum Gasteiger partial charge on any atom is 0.453 e. The monoisotopic (exact) mass is 582 g/mol. The molecule has 5 aromatic rings. The van der Waals surface area contributed by atoms with Gasteiger partial charge in [-0.25, -0.2) is 0 Å². The zero-order chi connectivity index (χ0) is 30.8. The van der Waals surface area contributed by atoms with Gasteiger partial charge in [-0.05, 0) is 67.8 Å². The quantitative estimate of drug-likeness (QED) is 0.208. The van der Waals surface area contributed by atoms with Crippen LogP contribution in [0.15, 0.2) is 75.1 Å². The molecule has 4 aromatic carbocycles. The third kappa shape index (κ3) is 6.00. The first-order chi connectivity index (χ1) is 19.3. The molecule has 3 nitrogen and oxygen atoms in total. The van der Waals surface area contributed by atoms with E-state index >= 15 is 0 Å². The summed E-state index contributed by atoms with van der Waals surface area (Å²) < 4.78 is 20.4. The lowest BCUT2D eigenvalue weighted by atomic mass is 9.77. The van der Waals surface area contributed by atoms with E-state index in [2.05, 4.69) is 138 Å². The Morgan fingerprint density at radius 3 is 1.38 bits per heavy atom. The van der Waals surface area contributed by atoms with Gasteiger partial charge in [0, 0.05) is 21.9 Å². The van der Waals surface area contributed by atoms with Gasteiger partial charge in [0.2, 0.25) is 0 Å². The molecule has 1 aromatic heterocycles. The summed E-state index contributed by atoms with van der Waals surface area (Å²) in [5.41, 5.74) is 6.19. The summed E-state index contributed by atoms with van der Waals surface area (Å²) in [5, 5.41) is 4.44. The first kappa shape index (κ1) is 30.3. The normalized spacial score (nSPS) is 13.2. The van der Waals surface area contributed by atoms with Crippen molar-refractivity contribution >= 4 is 41.0 Å². The van der Waals surface area contributed by atoms with Crippen LogP contribution in [0.3, 0.4) is 0 Å². The van der Waals surface area contributed by atoms with Crippen molar-refractivity contribution in [3.05, 3.63) is 89.0 Å². The fourth-order valence-corrected chi connectivity index (χ4v) is 6.44. The lowest BCUT2D eigenvalue weighted by Gasteiger charge is -2.27. The van der Waals surface area contributed by atoms with Gasteiger partial charge in [-0.2, -0.15) is 0 Å². The molecule has 4 heteroatoms. The van der Waals surface area contributed by atoms with Crippen LogP contribution in [0.4, 0.5) is 0 Å². The Morgan fingerprint density at radius 1 is 0.500 bits per heavy atom. The molecule has 0 aliphatic carbocycles. The van der Waals surface area contributed by atoms with Crippen molar-refractivity contribution < 1.29 is 12.9 Å². The van der Waals surface area contributed by atoms with E-state index in [-0.39, 0.29) is 21.7 Å². The standard InChI is InChI=1S/C38H47O3P/c1-35(2,3)26-20-29-30-21-27(36(4,5)6)23-32(38(10,11)12)34(30)41-42(40-33(29)31(22-26)37(7,8)9)39-28-18-17-24-15-13-14-16-25(24)19-28/h13-23H,1-12H3. The van der Waals surface area contributed by atoms with Gasteiger partial charge in [-0.15, -0.1) is 0 Å². The fourth-order valence-electron chi connectivity index (χ4n) is 5.35. The van der Waals surface area contributed by atoms with E-state index in [1.807, 2.05) is 12.1 Å².